The van der Waals surface area contributed by atoms with Crippen LogP contribution < -0.4 is 5.32 Å². The molecule has 19 heavy (non-hydrogen) atoms. The molecular formula is C14H19N3O2. The fraction of sp³-hybridized carbons (Fsp3) is 0.429. The lowest BCUT2D eigenvalue weighted by atomic mass is 10.0. The number of rotatable bonds is 6. The first kappa shape index (κ1) is 13.5. The topological polar surface area (TPSA) is 71.2 Å². The van der Waals surface area contributed by atoms with E-state index < -0.39 is 0 Å². The van der Waals surface area contributed by atoms with Crippen molar-refractivity contribution < 1.29 is 9.63 Å². The standard InChI is InChI=1S/C14H19N3O2/c1-3-12(11-6-4-5-7-13(11)18)15-9-8-14-16-10(2)19-17-14/h4-7,12,15,18H,3,8-9H2,1-2H3. The summed E-state index contributed by atoms with van der Waals surface area (Å²) in [5, 5.41) is 17.1. The predicted octanol–water partition coefficient (Wildman–Crippen LogP) is 2.37. The van der Waals surface area contributed by atoms with Crippen LogP contribution in [0.3, 0.4) is 0 Å². The van der Waals surface area contributed by atoms with Gasteiger partial charge in [-0.15, -0.1) is 0 Å². The van der Waals surface area contributed by atoms with Gasteiger partial charge in [0.2, 0.25) is 5.89 Å². The Morgan fingerprint density at radius 3 is 2.79 bits per heavy atom. The molecule has 0 aliphatic heterocycles. The van der Waals surface area contributed by atoms with Gasteiger partial charge in [0.25, 0.3) is 0 Å². The van der Waals surface area contributed by atoms with Gasteiger partial charge in [0.05, 0.1) is 0 Å². The van der Waals surface area contributed by atoms with E-state index in [1.54, 1.807) is 13.0 Å². The van der Waals surface area contributed by atoms with Crippen molar-refractivity contribution in [3.63, 3.8) is 0 Å². The molecule has 1 heterocycles. The second-order valence-corrected chi connectivity index (χ2v) is 4.45. The summed E-state index contributed by atoms with van der Waals surface area (Å²) < 4.78 is 4.92. The van der Waals surface area contributed by atoms with Gasteiger partial charge in [-0.3, -0.25) is 0 Å². The van der Waals surface area contributed by atoms with Crippen LogP contribution in [0, 0.1) is 6.92 Å². The van der Waals surface area contributed by atoms with Gasteiger partial charge < -0.3 is 14.9 Å². The molecule has 2 aromatic rings. The second-order valence-electron chi connectivity index (χ2n) is 4.45. The first-order valence-corrected chi connectivity index (χ1v) is 6.51. The van der Waals surface area contributed by atoms with E-state index in [2.05, 4.69) is 22.4 Å². The number of nitrogens with zero attached hydrogens (tertiary/aromatic N) is 2. The average Bonchev–Trinajstić information content (AvgIpc) is 2.82. The molecule has 0 bridgehead atoms. The number of aryl methyl sites for hydroxylation is 1. The smallest absolute Gasteiger partial charge is 0.223 e. The number of aromatic nitrogens is 2. The quantitative estimate of drug-likeness (QED) is 0.835. The van der Waals surface area contributed by atoms with Crippen LogP contribution in [-0.2, 0) is 6.42 Å². The van der Waals surface area contributed by atoms with Gasteiger partial charge in [-0.25, -0.2) is 0 Å². The van der Waals surface area contributed by atoms with E-state index in [0.717, 1.165) is 18.5 Å². The van der Waals surface area contributed by atoms with Gasteiger partial charge >= 0.3 is 0 Å². The van der Waals surface area contributed by atoms with Gasteiger partial charge in [0.1, 0.15) is 5.75 Å². The maximum atomic E-state index is 9.85. The summed E-state index contributed by atoms with van der Waals surface area (Å²) >= 11 is 0. The Labute approximate surface area is 112 Å². The summed E-state index contributed by atoms with van der Waals surface area (Å²) in [5.74, 6) is 1.62. The van der Waals surface area contributed by atoms with Crippen molar-refractivity contribution in [1.82, 2.24) is 15.5 Å². The highest BCUT2D eigenvalue weighted by Crippen LogP contribution is 2.25. The van der Waals surface area contributed by atoms with Crippen LogP contribution in [0.25, 0.3) is 0 Å². The molecule has 0 spiro atoms. The van der Waals surface area contributed by atoms with Crippen LogP contribution in [0.4, 0.5) is 0 Å². The summed E-state index contributed by atoms with van der Waals surface area (Å²) in [6, 6.07) is 7.54. The SMILES string of the molecule is CCC(NCCc1noc(C)n1)c1ccccc1O. The van der Waals surface area contributed by atoms with Gasteiger partial charge in [-0.05, 0) is 12.5 Å². The van der Waals surface area contributed by atoms with Crippen molar-refractivity contribution in [3.8, 4) is 5.75 Å². The molecular weight excluding hydrogens is 242 g/mol. The largest absolute Gasteiger partial charge is 0.508 e. The number of benzene rings is 1. The second kappa shape index (κ2) is 6.33. The van der Waals surface area contributed by atoms with E-state index in [4.69, 9.17) is 4.52 Å². The molecule has 2 N–H and O–H groups in total. The van der Waals surface area contributed by atoms with Crippen LogP contribution in [0.2, 0.25) is 0 Å². The van der Waals surface area contributed by atoms with Crippen molar-refractivity contribution >= 4 is 0 Å². The van der Waals surface area contributed by atoms with E-state index >= 15 is 0 Å². The van der Waals surface area contributed by atoms with Gasteiger partial charge in [-0.1, -0.05) is 30.3 Å². The van der Waals surface area contributed by atoms with Crippen LogP contribution in [-0.4, -0.2) is 21.8 Å². The molecule has 102 valence electrons. The molecule has 1 aromatic carbocycles. The lowest BCUT2D eigenvalue weighted by Crippen LogP contribution is -2.23. The third kappa shape index (κ3) is 3.54. The minimum absolute atomic E-state index is 0.134. The number of hydrogen-bond donors (Lipinski definition) is 2. The first-order chi connectivity index (χ1) is 9.20. The summed E-state index contributed by atoms with van der Waals surface area (Å²) in [6.07, 6.45) is 1.62. The van der Waals surface area contributed by atoms with Gasteiger partial charge in [-0.2, -0.15) is 4.98 Å². The maximum Gasteiger partial charge on any atom is 0.223 e. The molecule has 0 aliphatic carbocycles. The highest BCUT2D eigenvalue weighted by Gasteiger charge is 2.12. The van der Waals surface area contributed by atoms with E-state index in [1.165, 1.54) is 0 Å². The zero-order valence-corrected chi connectivity index (χ0v) is 11.3. The molecule has 5 heteroatoms. The Morgan fingerprint density at radius 2 is 2.16 bits per heavy atom. The Morgan fingerprint density at radius 1 is 1.37 bits per heavy atom. The van der Waals surface area contributed by atoms with Crippen LogP contribution in [0.5, 0.6) is 5.75 Å². The number of hydrogen-bond acceptors (Lipinski definition) is 5. The van der Waals surface area contributed by atoms with Crippen molar-refractivity contribution in [2.24, 2.45) is 0 Å². The minimum atomic E-state index is 0.134. The molecule has 1 unspecified atom stereocenters. The zero-order chi connectivity index (χ0) is 13.7. The summed E-state index contributed by atoms with van der Waals surface area (Å²) in [5.41, 5.74) is 0.925. The number of aromatic hydroxyl groups is 1. The van der Waals surface area contributed by atoms with E-state index in [9.17, 15) is 5.11 Å². The van der Waals surface area contributed by atoms with Crippen molar-refractivity contribution in [1.29, 1.82) is 0 Å². The van der Waals surface area contributed by atoms with Crippen LogP contribution in [0.1, 0.15) is 36.7 Å². The van der Waals surface area contributed by atoms with Crippen LogP contribution in [0.15, 0.2) is 28.8 Å². The third-order valence-electron chi connectivity index (χ3n) is 3.03. The normalized spacial score (nSPS) is 12.5. The number of phenolic OH excluding ortho intramolecular Hbond substituents is 1. The Balaban J connectivity index is 1.91. The highest BCUT2D eigenvalue weighted by molar-refractivity contribution is 5.34. The lowest BCUT2D eigenvalue weighted by molar-refractivity contribution is 0.385. The first-order valence-electron chi connectivity index (χ1n) is 6.51. The molecule has 0 fully saturated rings. The Bertz CT molecular complexity index is 525. The number of phenols is 1. The fourth-order valence-electron chi connectivity index (χ4n) is 2.06. The number of nitrogens with one attached hydrogen (secondary N) is 1. The van der Waals surface area contributed by atoms with Crippen molar-refractivity contribution in [3.05, 3.63) is 41.5 Å². The summed E-state index contributed by atoms with van der Waals surface area (Å²) in [4.78, 5) is 4.16. The molecule has 0 saturated carbocycles. The van der Waals surface area contributed by atoms with E-state index in [0.29, 0.717) is 23.9 Å². The molecule has 5 nitrogen and oxygen atoms in total. The van der Waals surface area contributed by atoms with Crippen LogP contribution >= 0.6 is 0 Å². The van der Waals surface area contributed by atoms with Crippen molar-refractivity contribution in [2.45, 2.75) is 32.7 Å². The highest BCUT2D eigenvalue weighted by atomic mass is 16.5. The summed E-state index contributed by atoms with van der Waals surface area (Å²) in [7, 11) is 0. The minimum Gasteiger partial charge on any atom is -0.508 e. The molecule has 0 aliphatic rings. The molecule has 1 aromatic heterocycles. The number of para-hydroxylation sites is 1. The molecule has 2 rings (SSSR count). The van der Waals surface area contributed by atoms with Crippen molar-refractivity contribution in [2.75, 3.05) is 6.54 Å². The Hall–Kier alpha value is -1.88. The predicted molar refractivity (Wildman–Crippen MR) is 71.9 cm³/mol. The molecule has 0 amide bonds. The Kier molecular flexibility index (Phi) is 4.52. The molecule has 1 atom stereocenters. The monoisotopic (exact) mass is 261 g/mol. The third-order valence-corrected chi connectivity index (χ3v) is 3.03. The fourth-order valence-corrected chi connectivity index (χ4v) is 2.06. The maximum absolute atomic E-state index is 9.85. The summed E-state index contributed by atoms with van der Waals surface area (Å²) in [6.45, 7) is 4.61. The zero-order valence-electron chi connectivity index (χ0n) is 11.3. The van der Waals surface area contributed by atoms with Gasteiger partial charge in [0, 0.05) is 31.5 Å². The average molecular weight is 261 g/mol. The van der Waals surface area contributed by atoms with E-state index in [-0.39, 0.29) is 6.04 Å². The lowest BCUT2D eigenvalue weighted by Gasteiger charge is -2.18. The van der Waals surface area contributed by atoms with Gasteiger partial charge in [0.15, 0.2) is 5.82 Å². The molecule has 0 saturated heterocycles. The van der Waals surface area contributed by atoms with E-state index in [1.807, 2.05) is 18.2 Å². The molecule has 0 radical (unpaired) electrons.